The molecule has 2 aromatic heterocycles. The zero-order chi connectivity index (χ0) is 20.0. The largest absolute Gasteiger partial charge is 0.497 e. The number of aromatic nitrogens is 4. The van der Waals surface area contributed by atoms with Crippen LogP contribution in [0.25, 0.3) is 11.2 Å². The number of methoxy groups -OCH3 is 1. The Morgan fingerprint density at radius 2 is 1.86 bits per heavy atom. The summed E-state index contributed by atoms with van der Waals surface area (Å²) >= 11 is 0. The summed E-state index contributed by atoms with van der Waals surface area (Å²) in [6.07, 6.45) is 0.777. The highest BCUT2D eigenvalue weighted by Gasteiger charge is 2.28. The molecule has 4 rings (SSSR count). The van der Waals surface area contributed by atoms with E-state index in [1.54, 1.807) is 14.2 Å². The lowest BCUT2D eigenvalue weighted by molar-refractivity contribution is 0.415. The lowest BCUT2D eigenvalue weighted by atomic mass is 10.1. The lowest BCUT2D eigenvalue weighted by Gasteiger charge is -2.16. The van der Waals surface area contributed by atoms with Gasteiger partial charge in [-0.3, -0.25) is 13.9 Å². The van der Waals surface area contributed by atoms with Gasteiger partial charge in [-0.25, -0.2) is 4.79 Å². The van der Waals surface area contributed by atoms with Gasteiger partial charge in [0.05, 0.1) is 7.11 Å². The van der Waals surface area contributed by atoms with Gasteiger partial charge in [-0.15, -0.1) is 0 Å². The van der Waals surface area contributed by atoms with Crippen LogP contribution in [0.3, 0.4) is 0 Å². The second-order valence-corrected chi connectivity index (χ2v) is 7.57. The summed E-state index contributed by atoms with van der Waals surface area (Å²) in [5.74, 6) is 1.88. The van der Waals surface area contributed by atoms with Crippen LogP contribution in [0.2, 0.25) is 0 Å². The first kappa shape index (κ1) is 18.3. The molecular formula is C20H25N5O3. The van der Waals surface area contributed by atoms with Gasteiger partial charge >= 0.3 is 5.69 Å². The fourth-order valence-electron chi connectivity index (χ4n) is 3.67. The highest BCUT2D eigenvalue weighted by atomic mass is 16.5. The van der Waals surface area contributed by atoms with Crippen LogP contribution in [0.5, 0.6) is 5.75 Å². The summed E-state index contributed by atoms with van der Waals surface area (Å²) in [7, 11) is 3.31. The summed E-state index contributed by atoms with van der Waals surface area (Å²) in [6, 6.07) is 7.73. The molecule has 0 atom stereocenters. The Balaban J connectivity index is 1.84. The molecule has 0 amide bonds. The second kappa shape index (κ2) is 6.85. The summed E-state index contributed by atoms with van der Waals surface area (Å²) in [6.45, 7) is 5.95. The molecule has 0 N–H and O–H groups in total. The molecule has 8 nitrogen and oxygen atoms in total. The molecule has 0 aliphatic carbocycles. The Morgan fingerprint density at radius 3 is 2.50 bits per heavy atom. The van der Waals surface area contributed by atoms with Gasteiger partial charge in [0.25, 0.3) is 5.56 Å². The summed E-state index contributed by atoms with van der Waals surface area (Å²) < 4.78 is 9.97. The molecule has 28 heavy (non-hydrogen) atoms. The van der Waals surface area contributed by atoms with Gasteiger partial charge in [0.2, 0.25) is 5.95 Å². The number of fused-ring (bicyclic) bond motifs is 3. The van der Waals surface area contributed by atoms with Gasteiger partial charge in [-0.2, -0.15) is 4.98 Å². The van der Waals surface area contributed by atoms with Crippen LogP contribution in [0.15, 0.2) is 33.9 Å². The molecule has 0 radical (unpaired) electrons. The molecule has 0 spiro atoms. The molecular weight excluding hydrogens is 358 g/mol. The Bertz CT molecular complexity index is 1140. The van der Waals surface area contributed by atoms with Gasteiger partial charge in [0.15, 0.2) is 11.2 Å². The third-order valence-corrected chi connectivity index (χ3v) is 5.32. The predicted octanol–water partition coefficient (Wildman–Crippen LogP) is 2.10. The molecule has 1 aromatic carbocycles. The van der Waals surface area contributed by atoms with Gasteiger partial charge in [-0.05, 0) is 36.6 Å². The normalized spacial score (nSPS) is 13.5. The summed E-state index contributed by atoms with van der Waals surface area (Å²) in [5.41, 5.74) is 1.33. The Hall–Kier alpha value is -3.03. The highest BCUT2D eigenvalue weighted by molar-refractivity contribution is 5.77. The summed E-state index contributed by atoms with van der Waals surface area (Å²) in [5, 5.41) is 0. The van der Waals surface area contributed by atoms with Crippen molar-refractivity contribution in [3.8, 4) is 5.75 Å². The Labute approximate surface area is 162 Å². The predicted molar refractivity (Wildman–Crippen MR) is 109 cm³/mol. The maximum absolute atomic E-state index is 13.1. The van der Waals surface area contributed by atoms with Crippen molar-refractivity contribution in [3.63, 3.8) is 0 Å². The number of hydrogen-bond donors (Lipinski definition) is 0. The Kier molecular flexibility index (Phi) is 4.49. The van der Waals surface area contributed by atoms with E-state index in [2.05, 4.69) is 23.7 Å². The number of anilines is 2. The van der Waals surface area contributed by atoms with Gasteiger partial charge < -0.3 is 14.2 Å². The minimum Gasteiger partial charge on any atom is -0.497 e. The van der Waals surface area contributed by atoms with Crippen molar-refractivity contribution in [2.75, 3.05) is 18.6 Å². The number of rotatable bonds is 5. The number of aryl methyl sites for hydroxylation is 1. The first-order valence-corrected chi connectivity index (χ1v) is 9.54. The third-order valence-electron chi connectivity index (χ3n) is 5.32. The molecule has 0 saturated carbocycles. The maximum Gasteiger partial charge on any atom is 0.332 e. The van der Waals surface area contributed by atoms with Crippen molar-refractivity contribution in [1.82, 2.24) is 18.7 Å². The van der Waals surface area contributed by atoms with Crippen molar-refractivity contribution < 1.29 is 4.74 Å². The van der Waals surface area contributed by atoms with Crippen LogP contribution in [0, 0.1) is 5.92 Å². The molecule has 8 heteroatoms. The van der Waals surface area contributed by atoms with Gasteiger partial charge in [0.1, 0.15) is 5.75 Å². The summed E-state index contributed by atoms with van der Waals surface area (Å²) in [4.78, 5) is 32.5. The Morgan fingerprint density at radius 1 is 1.14 bits per heavy atom. The number of ether oxygens (including phenoxy) is 1. The van der Waals surface area contributed by atoms with Crippen LogP contribution >= 0.6 is 0 Å². The van der Waals surface area contributed by atoms with Crippen LogP contribution < -0.4 is 20.9 Å². The third kappa shape index (κ3) is 2.80. The van der Waals surface area contributed by atoms with E-state index >= 15 is 0 Å². The fraction of sp³-hybridized carbons (Fsp3) is 0.450. The lowest BCUT2D eigenvalue weighted by Crippen LogP contribution is -2.40. The van der Waals surface area contributed by atoms with Crippen molar-refractivity contribution >= 4 is 22.8 Å². The van der Waals surface area contributed by atoms with E-state index in [0.29, 0.717) is 36.1 Å². The van der Waals surface area contributed by atoms with E-state index in [4.69, 9.17) is 4.74 Å². The number of benzene rings is 1. The first-order chi connectivity index (χ1) is 13.4. The van der Waals surface area contributed by atoms with E-state index in [-0.39, 0.29) is 11.2 Å². The van der Waals surface area contributed by atoms with Gasteiger partial charge in [0, 0.05) is 32.4 Å². The van der Waals surface area contributed by atoms with E-state index in [0.717, 1.165) is 24.4 Å². The quantitative estimate of drug-likeness (QED) is 0.675. The minimum absolute atomic E-state index is 0.255. The first-order valence-electron chi connectivity index (χ1n) is 9.54. The molecule has 0 fully saturated rings. The van der Waals surface area contributed by atoms with Crippen molar-refractivity contribution in [2.24, 2.45) is 13.0 Å². The number of nitrogens with zero attached hydrogens (tertiary/aromatic N) is 5. The van der Waals surface area contributed by atoms with E-state index < -0.39 is 0 Å². The monoisotopic (exact) mass is 383 g/mol. The molecule has 1 aliphatic rings. The number of hydrogen-bond acceptors (Lipinski definition) is 5. The van der Waals surface area contributed by atoms with Crippen LogP contribution in [-0.2, 0) is 20.1 Å². The molecule has 0 saturated heterocycles. The average Bonchev–Trinajstić information content (AvgIpc) is 3.25. The minimum atomic E-state index is -0.314. The molecule has 1 aliphatic heterocycles. The van der Waals surface area contributed by atoms with Gasteiger partial charge in [-0.1, -0.05) is 13.8 Å². The number of imidazole rings is 1. The van der Waals surface area contributed by atoms with Crippen molar-refractivity contribution in [2.45, 2.75) is 33.4 Å². The standard InChI is InChI=1S/C20H25N5O3/c1-13(2)9-10-25-18(26)16-17(22(3)20(25)27)21-19-23(11-12-24(16)19)14-5-7-15(28-4)8-6-14/h5-8,13H,9-12H2,1-4H3. The van der Waals surface area contributed by atoms with Crippen molar-refractivity contribution in [1.29, 1.82) is 0 Å². The molecule has 3 aromatic rings. The van der Waals surface area contributed by atoms with E-state index in [1.165, 1.54) is 9.13 Å². The fourth-order valence-corrected chi connectivity index (χ4v) is 3.67. The SMILES string of the molecule is COc1ccc(N2CCn3c2nc2c3c(=O)n(CCC(C)C)c(=O)n2C)cc1. The van der Waals surface area contributed by atoms with E-state index in [1.807, 2.05) is 28.8 Å². The highest BCUT2D eigenvalue weighted by Crippen LogP contribution is 2.32. The van der Waals surface area contributed by atoms with Crippen LogP contribution in [0.4, 0.5) is 11.6 Å². The zero-order valence-corrected chi connectivity index (χ0v) is 16.7. The van der Waals surface area contributed by atoms with Crippen LogP contribution in [0.1, 0.15) is 20.3 Å². The average molecular weight is 383 g/mol. The smallest absolute Gasteiger partial charge is 0.332 e. The zero-order valence-electron chi connectivity index (χ0n) is 16.7. The topological polar surface area (TPSA) is 74.3 Å². The van der Waals surface area contributed by atoms with E-state index in [9.17, 15) is 9.59 Å². The maximum atomic E-state index is 13.1. The molecule has 0 bridgehead atoms. The van der Waals surface area contributed by atoms with Crippen molar-refractivity contribution in [3.05, 3.63) is 45.1 Å². The van der Waals surface area contributed by atoms with Crippen LogP contribution in [-0.4, -0.2) is 32.3 Å². The second-order valence-electron chi connectivity index (χ2n) is 7.57. The molecule has 3 heterocycles. The molecule has 0 unspecified atom stereocenters. The molecule has 148 valence electrons.